The van der Waals surface area contributed by atoms with Crippen molar-refractivity contribution in [2.75, 3.05) is 26.8 Å². The van der Waals surface area contributed by atoms with Crippen molar-refractivity contribution >= 4 is 0 Å². The number of hydrogen-bond donors (Lipinski definition) is 1. The zero-order valence-corrected chi connectivity index (χ0v) is 10.0. The monoisotopic (exact) mass is 212 g/mol. The Morgan fingerprint density at radius 2 is 2.20 bits per heavy atom. The van der Waals surface area contributed by atoms with E-state index in [0.717, 1.165) is 25.8 Å². The summed E-state index contributed by atoms with van der Waals surface area (Å²) in [4.78, 5) is 2.51. The number of nitrogens with one attached hydrogen (secondary N) is 1. The maximum atomic E-state index is 5.46. The smallest absolute Gasteiger partial charge is 0.0619 e. The molecule has 0 aromatic rings. The van der Waals surface area contributed by atoms with E-state index < -0.39 is 0 Å². The Morgan fingerprint density at radius 1 is 1.40 bits per heavy atom. The lowest BCUT2D eigenvalue weighted by Crippen LogP contribution is -2.45. The van der Waals surface area contributed by atoms with Crippen LogP contribution in [-0.2, 0) is 4.74 Å². The molecule has 0 amide bonds. The molecule has 2 fully saturated rings. The van der Waals surface area contributed by atoms with Gasteiger partial charge in [0.15, 0.2) is 0 Å². The lowest BCUT2D eigenvalue weighted by molar-refractivity contribution is 0.0677. The van der Waals surface area contributed by atoms with Crippen molar-refractivity contribution in [1.82, 2.24) is 10.2 Å². The summed E-state index contributed by atoms with van der Waals surface area (Å²) in [6.45, 7) is 5.27. The average Bonchev–Trinajstić information content (AvgIpc) is 3.10. The van der Waals surface area contributed by atoms with Crippen LogP contribution >= 0.6 is 0 Å². The fourth-order valence-corrected chi connectivity index (χ4v) is 2.22. The topological polar surface area (TPSA) is 24.5 Å². The van der Waals surface area contributed by atoms with Gasteiger partial charge < -0.3 is 10.1 Å². The van der Waals surface area contributed by atoms with Crippen molar-refractivity contribution in [3.8, 4) is 0 Å². The molecule has 0 aromatic carbocycles. The molecule has 2 aliphatic rings. The van der Waals surface area contributed by atoms with Crippen molar-refractivity contribution < 1.29 is 4.74 Å². The molecule has 1 aliphatic carbocycles. The SMILES string of the molecule is CC(CNC1CCCOC1)N(C)C1CC1. The van der Waals surface area contributed by atoms with Gasteiger partial charge in [0, 0.05) is 31.3 Å². The summed E-state index contributed by atoms with van der Waals surface area (Å²) in [5.41, 5.74) is 0. The summed E-state index contributed by atoms with van der Waals surface area (Å²) in [7, 11) is 2.25. The molecule has 0 spiro atoms. The van der Waals surface area contributed by atoms with E-state index in [2.05, 4.69) is 24.2 Å². The first-order chi connectivity index (χ1) is 7.27. The van der Waals surface area contributed by atoms with Crippen LogP contribution in [0.3, 0.4) is 0 Å². The molecule has 2 rings (SSSR count). The van der Waals surface area contributed by atoms with Gasteiger partial charge in [-0.2, -0.15) is 0 Å². The molecule has 88 valence electrons. The van der Waals surface area contributed by atoms with Gasteiger partial charge >= 0.3 is 0 Å². The predicted molar refractivity (Wildman–Crippen MR) is 62.1 cm³/mol. The van der Waals surface area contributed by atoms with E-state index in [1.54, 1.807) is 0 Å². The van der Waals surface area contributed by atoms with Gasteiger partial charge in [-0.05, 0) is 39.7 Å². The summed E-state index contributed by atoms with van der Waals surface area (Å²) in [5, 5.41) is 3.62. The van der Waals surface area contributed by atoms with Gasteiger partial charge in [-0.3, -0.25) is 4.90 Å². The third-order valence-electron chi connectivity index (χ3n) is 3.68. The third kappa shape index (κ3) is 3.44. The maximum absolute atomic E-state index is 5.46. The second kappa shape index (κ2) is 5.28. The second-order valence-electron chi connectivity index (χ2n) is 5.07. The quantitative estimate of drug-likeness (QED) is 0.742. The van der Waals surface area contributed by atoms with Gasteiger partial charge in [-0.15, -0.1) is 0 Å². The fraction of sp³-hybridized carbons (Fsp3) is 1.00. The van der Waals surface area contributed by atoms with Crippen molar-refractivity contribution in [3.05, 3.63) is 0 Å². The van der Waals surface area contributed by atoms with E-state index in [-0.39, 0.29) is 0 Å². The molecule has 1 heterocycles. The predicted octanol–water partition coefficient (Wildman–Crippen LogP) is 1.24. The largest absolute Gasteiger partial charge is 0.380 e. The zero-order valence-electron chi connectivity index (χ0n) is 10.0. The van der Waals surface area contributed by atoms with Crippen molar-refractivity contribution in [2.24, 2.45) is 0 Å². The molecule has 15 heavy (non-hydrogen) atoms. The minimum Gasteiger partial charge on any atom is -0.380 e. The van der Waals surface area contributed by atoms with Crippen LogP contribution in [0.2, 0.25) is 0 Å². The molecular formula is C12H24N2O. The summed E-state index contributed by atoms with van der Waals surface area (Å²) >= 11 is 0. The zero-order chi connectivity index (χ0) is 10.7. The lowest BCUT2D eigenvalue weighted by Gasteiger charge is -2.29. The molecular weight excluding hydrogens is 188 g/mol. The Hall–Kier alpha value is -0.120. The van der Waals surface area contributed by atoms with Gasteiger partial charge in [-0.25, -0.2) is 0 Å². The van der Waals surface area contributed by atoms with E-state index in [1.807, 2.05) is 0 Å². The molecule has 1 N–H and O–H groups in total. The lowest BCUT2D eigenvalue weighted by atomic mass is 10.1. The van der Waals surface area contributed by atoms with Crippen LogP contribution in [0.15, 0.2) is 0 Å². The standard InChI is InChI=1S/C12H24N2O/c1-10(14(2)12-5-6-12)8-13-11-4-3-7-15-9-11/h10-13H,3-9H2,1-2H3. The first kappa shape index (κ1) is 11.4. The summed E-state index contributed by atoms with van der Waals surface area (Å²) < 4.78 is 5.46. The summed E-state index contributed by atoms with van der Waals surface area (Å²) in [5.74, 6) is 0. The Labute approximate surface area is 93.2 Å². The molecule has 3 nitrogen and oxygen atoms in total. The highest BCUT2D eigenvalue weighted by atomic mass is 16.5. The molecule has 0 bridgehead atoms. The minimum atomic E-state index is 0.591. The van der Waals surface area contributed by atoms with Crippen molar-refractivity contribution in [2.45, 2.75) is 50.7 Å². The van der Waals surface area contributed by atoms with Crippen LogP contribution in [0.5, 0.6) is 0 Å². The average molecular weight is 212 g/mol. The first-order valence-electron chi connectivity index (χ1n) is 6.30. The van der Waals surface area contributed by atoms with Gasteiger partial charge in [-0.1, -0.05) is 0 Å². The summed E-state index contributed by atoms with van der Waals surface area (Å²) in [6, 6.07) is 2.11. The van der Waals surface area contributed by atoms with Gasteiger partial charge in [0.25, 0.3) is 0 Å². The van der Waals surface area contributed by atoms with Crippen molar-refractivity contribution in [1.29, 1.82) is 0 Å². The van der Waals surface area contributed by atoms with Crippen LogP contribution in [0.4, 0.5) is 0 Å². The highest BCUT2D eigenvalue weighted by molar-refractivity contribution is 4.86. The molecule has 0 aromatic heterocycles. The molecule has 0 radical (unpaired) electrons. The van der Waals surface area contributed by atoms with Gasteiger partial charge in [0.05, 0.1) is 6.61 Å². The van der Waals surface area contributed by atoms with Crippen LogP contribution < -0.4 is 5.32 Å². The number of rotatable bonds is 5. The minimum absolute atomic E-state index is 0.591. The van der Waals surface area contributed by atoms with E-state index in [9.17, 15) is 0 Å². The molecule has 3 heteroatoms. The first-order valence-corrected chi connectivity index (χ1v) is 6.30. The third-order valence-corrected chi connectivity index (χ3v) is 3.68. The Bertz CT molecular complexity index is 188. The van der Waals surface area contributed by atoms with Gasteiger partial charge in [0.2, 0.25) is 0 Å². The van der Waals surface area contributed by atoms with Crippen LogP contribution in [0.25, 0.3) is 0 Å². The van der Waals surface area contributed by atoms with Crippen LogP contribution in [-0.4, -0.2) is 49.8 Å². The van der Waals surface area contributed by atoms with Crippen LogP contribution in [0.1, 0.15) is 32.6 Å². The number of ether oxygens (including phenoxy) is 1. The normalized spacial score (nSPS) is 29.4. The van der Waals surface area contributed by atoms with Crippen molar-refractivity contribution in [3.63, 3.8) is 0 Å². The Morgan fingerprint density at radius 3 is 2.80 bits per heavy atom. The highest BCUT2D eigenvalue weighted by Gasteiger charge is 2.29. The molecule has 1 aliphatic heterocycles. The van der Waals surface area contributed by atoms with Crippen LogP contribution in [0, 0.1) is 0 Å². The molecule has 1 saturated carbocycles. The highest BCUT2D eigenvalue weighted by Crippen LogP contribution is 2.26. The van der Waals surface area contributed by atoms with Gasteiger partial charge in [0.1, 0.15) is 0 Å². The molecule has 2 unspecified atom stereocenters. The van der Waals surface area contributed by atoms with E-state index >= 15 is 0 Å². The molecule has 2 atom stereocenters. The van der Waals surface area contributed by atoms with E-state index in [4.69, 9.17) is 4.74 Å². The fourth-order valence-electron chi connectivity index (χ4n) is 2.22. The van der Waals surface area contributed by atoms with E-state index in [0.29, 0.717) is 12.1 Å². The second-order valence-corrected chi connectivity index (χ2v) is 5.07. The number of hydrogen-bond acceptors (Lipinski definition) is 3. The maximum Gasteiger partial charge on any atom is 0.0619 e. The Balaban J connectivity index is 1.62. The number of likely N-dealkylation sites (N-methyl/N-ethyl adjacent to an activating group) is 1. The molecule has 1 saturated heterocycles. The van der Waals surface area contributed by atoms with E-state index in [1.165, 1.54) is 25.7 Å². The Kier molecular flexibility index (Phi) is 4.00. The summed E-state index contributed by atoms with van der Waals surface area (Å²) in [6.07, 6.45) is 5.28. The number of nitrogens with zero attached hydrogens (tertiary/aromatic N) is 1.